The first-order chi connectivity index (χ1) is 24.5. The number of anilines is 1. The molecule has 14 heteroatoms. The quantitative estimate of drug-likeness (QED) is 0.149. The fraction of sp³-hybridized carbons (Fsp3) is 0.378. The van der Waals surface area contributed by atoms with Gasteiger partial charge in [-0.3, -0.25) is 19.3 Å². The predicted octanol–water partition coefficient (Wildman–Crippen LogP) is 4.25. The largest absolute Gasteiger partial charge is 0.416 e. The molecule has 3 N–H and O–H groups in total. The summed E-state index contributed by atoms with van der Waals surface area (Å²) in [5.74, 6) is 5.23. The molecule has 3 amide bonds. The van der Waals surface area contributed by atoms with E-state index in [4.69, 9.17) is 0 Å². The lowest BCUT2D eigenvalue weighted by Gasteiger charge is -2.35. The molecule has 0 aliphatic carbocycles. The number of imidazole rings is 1. The minimum atomic E-state index is -4.61. The smallest absolute Gasteiger partial charge is 0.356 e. The van der Waals surface area contributed by atoms with Gasteiger partial charge in [0.25, 0.3) is 5.91 Å². The van der Waals surface area contributed by atoms with Gasteiger partial charge in [-0.25, -0.2) is 9.50 Å². The van der Waals surface area contributed by atoms with Crippen molar-refractivity contribution in [2.45, 2.75) is 45.8 Å². The summed E-state index contributed by atoms with van der Waals surface area (Å²) in [6.07, 6.45) is -0.338. The van der Waals surface area contributed by atoms with Crippen molar-refractivity contribution in [3.05, 3.63) is 94.4 Å². The molecular weight excluding hydrogens is 661 g/mol. The number of carbonyl (C=O) groups excluding carboxylic acids is 3. The topological polar surface area (TPSA) is 124 Å². The molecule has 0 atom stereocenters. The molecule has 1 fully saturated rings. The maximum atomic E-state index is 14.2. The van der Waals surface area contributed by atoms with Gasteiger partial charge in [-0.2, -0.15) is 18.3 Å². The van der Waals surface area contributed by atoms with Crippen LogP contribution in [0, 0.1) is 18.8 Å². The van der Waals surface area contributed by atoms with Crippen LogP contribution in [0.4, 0.5) is 18.9 Å². The second kappa shape index (κ2) is 17.1. The molecule has 268 valence electrons. The molecule has 5 rings (SSSR count). The van der Waals surface area contributed by atoms with E-state index < -0.39 is 17.6 Å². The van der Waals surface area contributed by atoms with Gasteiger partial charge in [0.15, 0.2) is 5.65 Å². The zero-order valence-electron chi connectivity index (χ0n) is 28.6. The summed E-state index contributed by atoms with van der Waals surface area (Å²) >= 11 is 0. The summed E-state index contributed by atoms with van der Waals surface area (Å²) in [6, 6.07) is 12.5. The van der Waals surface area contributed by atoms with Gasteiger partial charge in [0.05, 0.1) is 11.8 Å². The number of rotatable bonds is 12. The summed E-state index contributed by atoms with van der Waals surface area (Å²) in [4.78, 5) is 45.1. The van der Waals surface area contributed by atoms with E-state index in [1.54, 1.807) is 41.2 Å². The minimum absolute atomic E-state index is 0.0437. The maximum absolute atomic E-state index is 14.2. The average molecular weight is 703 g/mol. The number of aryl methyl sites for hydroxylation is 1. The van der Waals surface area contributed by atoms with Crippen LogP contribution < -0.4 is 16.0 Å². The van der Waals surface area contributed by atoms with Gasteiger partial charge in [0.2, 0.25) is 11.8 Å². The van der Waals surface area contributed by atoms with E-state index in [1.165, 1.54) is 12.1 Å². The van der Waals surface area contributed by atoms with Gasteiger partial charge in [-0.1, -0.05) is 18.1 Å². The molecule has 0 saturated carbocycles. The Kier molecular flexibility index (Phi) is 12.4. The number of nitrogens with one attached hydrogen (secondary N) is 3. The highest BCUT2D eigenvalue weighted by molar-refractivity contribution is 6.04. The standard InChI is InChI=1S/C37H41F3N8O3/c1-3-41-34(49)13-14-35(50)42-15-5-17-46-18-20-47(21-19-46)25-29-9-11-30(23-32(29)37(38,39)40)45-36(51)28-8-7-26(2)27(22-28)10-12-31-24-43-33-6-4-16-44-48(31)33/h4,6-9,11,16,22-24H,3,5,13-15,17-21,25H2,1-2H3,(H,41,49)(H,42,50)(H,45,51). The molecule has 1 aliphatic heterocycles. The van der Waals surface area contributed by atoms with Crippen molar-refractivity contribution >= 4 is 29.1 Å². The first-order valence-electron chi connectivity index (χ1n) is 16.9. The Morgan fingerprint density at radius 3 is 2.41 bits per heavy atom. The third-order valence-electron chi connectivity index (χ3n) is 8.56. The first-order valence-corrected chi connectivity index (χ1v) is 16.9. The van der Waals surface area contributed by atoms with Crippen molar-refractivity contribution in [3.8, 4) is 11.8 Å². The molecule has 11 nitrogen and oxygen atoms in total. The van der Waals surface area contributed by atoms with E-state index in [0.29, 0.717) is 56.2 Å². The monoisotopic (exact) mass is 702 g/mol. The van der Waals surface area contributed by atoms with Crippen molar-refractivity contribution in [2.24, 2.45) is 0 Å². The van der Waals surface area contributed by atoms with E-state index in [1.807, 2.05) is 24.8 Å². The average Bonchev–Trinajstić information content (AvgIpc) is 3.53. The Bertz CT molecular complexity index is 1920. The summed E-state index contributed by atoms with van der Waals surface area (Å²) in [6.45, 7) is 8.16. The number of fused-ring (bicyclic) bond motifs is 1. The molecule has 0 spiro atoms. The van der Waals surface area contributed by atoms with E-state index in [9.17, 15) is 27.6 Å². The van der Waals surface area contributed by atoms with Crippen molar-refractivity contribution in [1.82, 2.24) is 35.0 Å². The van der Waals surface area contributed by atoms with Gasteiger partial charge >= 0.3 is 6.18 Å². The normalized spacial score (nSPS) is 13.7. The van der Waals surface area contributed by atoms with Crippen LogP contribution in [0.15, 0.2) is 60.9 Å². The highest BCUT2D eigenvalue weighted by Gasteiger charge is 2.34. The Morgan fingerprint density at radius 2 is 1.67 bits per heavy atom. The SMILES string of the molecule is CCNC(=O)CCC(=O)NCCCN1CCN(Cc2ccc(NC(=O)c3ccc(C)c(C#Cc4cnc5cccnn45)c3)cc2C(F)(F)F)CC1. The summed E-state index contributed by atoms with van der Waals surface area (Å²) in [5.41, 5.74) is 2.31. The van der Waals surface area contributed by atoms with Crippen molar-refractivity contribution in [1.29, 1.82) is 0 Å². The maximum Gasteiger partial charge on any atom is 0.416 e. The van der Waals surface area contributed by atoms with Crippen LogP contribution in [0.25, 0.3) is 5.65 Å². The van der Waals surface area contributed by atoms with Crippen LogP contribution in [0.1, 0.15) is 64.5 Å². The van der Waals surface area contributed by atoms with Crippen molar-refractivity contribution in [3.63, 3.8) is 0 Å². The fourth-order valence-corrected chi connectivity index (χ4v) is 5.75. The van der Waals surface area contributed by atoms with Gasteiger partial charge < -0.3 is 20.9 Å². The Balaban J connectivity index is 1.14. The van der Waals surface area contributed by atoms with Crippen molar-refractivity contribution in [2.75, 3.05) is 51.1 Å². The molecule has 4 aromatic rings. The van der Waals surface area contributed by atoms with Crippen LogP contribution in [0.3, 0.4) is 0 Å². The number of amides is 3. The molecule has 2 aromatic heterocycles. The number of alkyl halides is 3. The van der Waals surface area contributed by atoms with Crippen LogP contribution in [0.5, 0.6) is 0 Å². The minimum Gasteiger partial charge on any atom is -0.356 e. The number of benzene rings is 2. The fourth-order valence-electron chi connectivity index (χ4n) is 5.75. The first kappa shape index (κ1) is 37.0. The Morgan fingerprint density at radius 1 is 0.922 bits per heavy atom. The number of nitrogens with zero attached hydrogens (tertiary/aromatic N) is 5. The third-order valence-corrected chi connectivity index (χ3v) is 8.56. The van der Waals surface area contributed by atoms with E-state index >= 15 is 0 Å². The van der Waals surface area contributed by atoms with Gasteiger partial charge in [-0.15, -0.1) is 0 Å². The molecule has 1 aliphatic rings. The molecule has 2 aromatic carbocycles. The second-order valence-corrected chi connectivity index (χ2v) is 12.3. The number of hydrogen-bond acceptors (Lipinski definition) is 7. The van der Waals surface area contributed by atoms with Gasteiger partial charge in [-0.05, 0) is 80.3 Å². The summed E-state index contributed by atoms with van der Waals surface area (Å²) < 4.78 is 44.3. The van der Waals surface area contributed by atoms with Gasteiger partial charge in [0.1, 0.15) is 5.69 Å². The van der Waals surface area contributed by atoms with E-state index in [-0.39, 0.29) is 48.0 Å². The molecule has 3 heterocycles. The van der Waals surface area contributed by atoms with Crippen molar-refractivity contribution < 1.29 is 27.6 Å². The number of carbonyl (C=O) groups is 3. The lowest BCUT2D eigenvalue weighted by atomic mass is 10.0. The lowest BCUT2D eigenvalue weighted by molar-refractivity contribution is -0.138. The highest BCUT2D eigenvalue weighted by atomic mass is 19.4. The summed E-state index contributed by atoms with van der Waals surface area (Å²) in [5, 5.41) is 12.4. The molecule has 1 saturated heterocycles. The molecule has 0 unspecified atom stereocenters. The zero-order chi connectivity index (χ0) is 36.4. The number of hydrogen-bond donors (Lipinski definition) is 3. The zero-order valence-corrected chi connectivity index (χ0v) is 28.6. The lowest BCUT2D eigenvalue weighted by Crippen LogP contribution is -2.46. The number of piperazine rings is 1. The van der Waals surface area contributed by atoms with Gasteiger partial charge in [0, 0.05) is 81.7 Å². The third kappa shape index (κ3) is 10.4. The summed E-state index contributed by atoms with van der Waals surface area (Å²) in [7, 11) is 0. The van der Waals surface area contributed by atoms with Crippen LogP contribution in [0.2, 0.25) is 0 Å². The highest BCUT2D eigenvalue weighted by Crippen LogP contribution is 2.35. The Hall–Kier alpha value is -5.26. The second-order valence-electron chi connectivity index (χ2n) is 12.3. The molecule has 0 bridgehead atoms. The number of aromatic nitrogens is 3. The molecule has 0 radical (unpaired) electrons. The van der Waals surface area contributed by atoms with Crippen LogP contribution in [-0.2, 0) is 22.3 Å². The van der Waals surface area contributed by atoms with Crippen LogP contribution in [-0.4, -0.2) is 87.9 Å². The van der Waals surface area contributed by atoms with E-state index in [2.05, 4.69) is 42.8 Å². The van der Waals surface area contributed by atoms with E-state index in [0.717, 1.165) is 24.6 Å². The predicted molar refractivity (Wildman–Crippen MR) is 187 cm³/mol. The van der Waals surface area contributed by atoms with Crippen LogP contribution >= 0.6 is 0 Å². The Labute approximate surface area is 294 Å². The molecule has 51 heavy (non-hydrogen) atoms. The molecular formula is C37H41F3N8O3. The number of halogens is 3.